The van der Waals surface area contributed by atoms with E-state index in [1.165, 1.54) is 10.9 Å². The SMILES string of the molecule is CC(C)C[C@@H]1NC(=O)[C@H](CC(C)C)NC(=O)[C@H](CC(C)C)n2cc(nn2)C[C@@H](C(=O)O)NC1=O. The van der Waals surface area contributed by atoms with Crippen molar-refractivity contribution in [2.45, 2.75) is 91.4 Å². The molecule has 0 unspecified atom stereocenters. The predicted molar refractivity (Wildman–Crippen MR) is 125 cm³/mol. The lowest BCUT2D eigenvalue weighted by atomic mass is 9.98. The van der Waals surface area contributed by atoms with E-state index in [4.69, 9.17) is 0 Å². The molecule has 1 aromatic heterocycles. The number of hydrogen-bond donors (Lipinski definition) is 4. The highest BCUT2D eigenvalue weighted by atomic mass is 16.4. The second kappa shape index (κ2) is 11.9. The molecule has 190 valence electrons. The van der Waals surface area contributed by atoms with Crippen molar-refractivity contribution in [1.29, 1.82) is 0 Å². The zero-order valence-electron chi connectivity index (χ0n) is 20.9. The molecule has 0 radical (unpaired) electrons. The second-order valence-corrected chi connectivity index (χ2v) is 10.3. The first kappa shape index (κ1) is 27.3. The van der Waals surface area contributed by atoms with Crippen LogP contribution in [0.4, 0.5) is 0 Å². The minimum absolute atomic E-state index is 0.0617. The molecule has 11 heteroatoms. The Hall–Kier alpha value is -2.98. The number of amides is 3. The second-order valence-electron chi connectivity index (χ2n) is 10.3. The quantitative estimate of drug-likeness (QED) is 0.456. The Kier molecular flexibility index (Phi) is 9.57. The van der Waals surface area contributed by atoms with E-state index in [9.17, 15) is 24.3 Å². The van der Waals surface area contributed by atoms with E-state index in [1.807, 2.05) is 41.5 Å². The van der Waals surface area contributed by atoms with Gasteiger partial charge in [-0.15, -0.1) is 5.10 Å². The Bertz CT molecular complexity index is 881. The topological polar surface area (TPSA) is 155 Å². The van der Waals surface area contributed by atoms with Crippen molar-refractivity contribution in [2.75, 3.05) is 0 Å². The van der Waals surface area contributed by atoms with Crippen molar-refractivity contribution in [3.8, 4) is 0 Å². The van der Waals surface area contributed by atoms with Crippen molar-refractivity contribution in [1.82, 2.24) is 30.9 Å². The zero-order valence-corrected chi connectivity index (χ0v) is 20.9. The number of rotatable bonds is 7. The average Bonchev–Trinajstić information content (AvgIpc) is 3.16. The predicted octanol–water partition coefficient (Wildman–Crippen LogP) is 1.05. The molecule has 0 aliphatic carbocycles. The maximum atomic E-state index is 13.3. The summed E-state index contributed by atoms with van der Waals surface area (Å²) in [5.41, 5.74) is 0.342. The maximum Gasteiger partial charge on any atom is 0.326 e. The molecule has 0 spiro atoms. The molecule has 4 atom stereocenters. The van der Waals surface area contributed by atoms with E-state index < -0.39 is 42.0 Å². The smallest absolute Gasteiger partial charge is 0.326 e. The van der Waals surface area contributed by atoms with Crippen molar-refractivity contribution in [3.63, 3.8) is 0 Å². The van der Waals surface area contributed by atoms with Crippen LogP contribution in [0.3, 0.4) is 0 Å². The van der Waals surface area contributed by atoms with Crippen LogP contribution in [-0.4, -0.2) is 61.9 Å². The van der Waals surface area contributed by atoms with Gasteiger partial charge in [-0.2, -0.15) is 0 Å². The molecule has 34 heavy (non-hydrogen) atoms. The summed E-state index contributed by atoms with van der Waals surface area (Å²) in [7, 11) is 0. The lowest BCUT2D eigenvalue weighted by Gasteiger charge is -2.27. The molecule has 1 aliphatic rings. The molecule has 2 rings (SSSR count). The third kappa shape index (κ3) is 7.81. The number of aromatic nitrogens is 3. The van der Waals surface area contributed by atoms with Crippen LogP contribution in [0.25, 0.3) is 0 Å². The van der Waals surface area contributed by atoms with Gasteiger partial charge in [0, 0.05) is 12.6 Å². The number of carboxylic acids is 1. The Morgan fingerprint density at radius 1 is 0.912 bits per heavy atom. The lowest BCUT2D eigenvalue weighted by Crippen LogP contribution is -2.57. The first-order valence-corrected chi connectivity index (χ1v) is 11.9. The Morgan fingerprint density at radius 3 is 1.91 bits per heavy atom. The standard InChI is InChI=1S/C23H38N6O5/c1-12(2)7-16-21(31)26-18(23(33)34)10-15-11-29(28-27-15)19(9-14(5)6)22(32)25-17(8-13(3)4)20(30)24-16/h11-14,16-19H,7-10H2,1-6H3,(H,24,30)(H,25,32)(H,26,31)(H,33,34)/t16-,17-,18-,19-/m0/s1. The van der Waals surface area contributed by atoms with Gasteiger partial charge in [-0.3, -0.25) is 14.4 Å². The number of carbonyl (C=O) groups is 4. The highest BCUT2D eigenvalue weighted by molar-refractivity contribution is 5.94. The number of nitrogens with zero attached hydrogens (tertiary/aromatic N) is 3. The van der Waals surface area contributed by atoms with Gasteiger partial charge in [0.15, 0.2) is 0 Å². The summed E-state index contributed by atoms with van der Waals surface area (Å²) in [5, 5.41) is 25.9. The van der Waals surface area contributed by atoms with Crippen LogP contribution in [-0.2, 0) is 25.6 Å². The van der Waals surface area contributed by atoms with Gasteiger partial charge < -0.3 is 21.1 Å². The zero-order chi connectivity index (χ0) is 25.6. The van der Waals surface area contributed by atoms with Gasteiger partial charge in [0.1, 0.15) is 24.2 Å². The van der Waals surface area contributed by atoms with Gasteiger partial charge in [-0.25, -0.2) is 9.48 Å². The van der Waals surface area contributed by atoms with Crippen molar-refractivity contribution in [2.24, 2.45) is 17.8 Å². The number of carboxylic acid groups (broad SMARTS) is 1. The van der Waals surface area contributed by atoms with E-state index >= 15 is 0 Å². The normalized spacial score (nSPS) is 24.6. The summed E-state index contributed by atoms with van der Waals surface area (Å²) >= 11 is 0. The fraction of sp³-hybridized carbons (Fsp3) is 0.739. The Labute approximate surface area is 200 Å². The van der Waals surface area contributed by atoms with Gasteiger partial charge >= 0.3 is 5.97 Å². The third-order valence-electron chi connectivity index (χ3n) is 5.58. The molecular formula is C23H38N6O5. The molecule has 0 saturated heterocycles. The molecule has 4 N–H and O–H groups in total. The minimum atomic E-state index is -1.25. The summed E-state index contributed by atoms with van der Waals surface area (Å²) in [6.45, 7) is 11.6. The monoisotopic (exact) mass is 478 g/mol. The van der Waals surface area contributed by atoms with Crippen molar-refractivity contribution >= 4 is 23.7 Å². The maximum absolute atomic E-state index is 13.3. The van der Waals surface area contributed by atoms with Crippen molar-refractivity contribution < 1.29 is 24.3 Å². The van der Waals surface area contributed by atoms with Crippen molar-refractivity contribution in [3.05, 3.63) is 11.9 Å². The minimum Gasteiger partial charge on any atom is -0.480 e. The molecule has 3 amide bonds. The highest BCUT2D eigenvalue weighted by Gasteiger charge is 2.33. The molecule has 0 fully saturated rings. The summed E-state index contributed by atoms with van der Waals surface area (Å²) in [6, 6.07) is -3.76. The molecule has 11 nitrogen and oxygen atoms in total. The van der Waals surface area contributed by atoms with Crippen LogP contribution >= 0.6 is 0 Å². The van der Waals surface area contributed by atoms with Crippen LogP contribution in [0.2, 0.25) is 0 Å². The molecule has 2 heterocycles. The number of nitrogens with one attached hydrogen (secondary N) is 3. The number of hydrogen-bond acceptors (Lipinski definition) is 6. The third-order valence-corrected chi connectivity index (χ3v) is 5.58. The molecule has 1 aliphatic heterocycles. The lowest BCUT2D eigenvalue weighted by molar-refractivity contribution is -0.142. The van der Waals surface area contributed by atoms with Gasteiger partial charge in [0.2, 0.25) is 17.7 Å². The Balaban J connectivity index is 2.51. The fourth-order valence-corrected chi connectivity index (χ4v) is 3.97. The summed E-state index contributed by atoms with van der Waals surface area (Å²) in [4.78, 5) is 51.4. The van der Waals surface area contributed by atoms with Crippen LogP contribution in [0, 0.1) is 17.8 Å². The summed E-state index contributed by atoms with van der Waals surface area (Å²) < 4.78 is 1.41. The van der Waals surface area contributed by atoms with E-state index in [-0.39, 0.29) is 30.1 Å². The number of carbonyl (C=O) groups excluding carboxylic acids is 3. The molecular weight excluding hydrogens is 440 g/mol. The molecule has 0 saturated carbocycles. The van der Waals surface area contributed by atoms with Crippen LogP contribution < -0.4 is 16.0 Å². The van der Waals surface area contributed by atoms with Gasteiger partial charge in [-0.05, 0) is 37.0 Å². The van der Waals surface area contributed by atoms with Gasteiger partial charge in [0.05, 0.1) is 5.69 Å². The van der Waals surface area contributed by atoms with Gasteiger partial charge in [0.25, 0.3) is 0 Å². The van der Waals surface area contributed by atoms with E-state index in [0.29, 0.717) is 25.0 Å². The molecule has 0 aromatic carbocycles. The Morgan fingerprint density at radius 2 is 1.41 bits per heavy atom. The first-order chi connectivity index (χ1) is 15.9. The number of aliphatic carboxylic acids is 1. The van der Waals surface area contributed by atoms with Crippen LogP contribution in [0.5, 0.6) is 0 Å². The largest absolute Gasteiger partial charge is 0.480 e. The van der Waals surface area contributed by atoms with Gasteiger partial charge in [-0.1, -0.05) is 46.8 Å². The fourth-order valence-electron chi connectivity index (χ4n) is 3.97. The van der Waals surface area contributed by atoms with Crippen LogP contribution in [0.15, 0.2) is 6.20 Å². The molecule has 2 bridgehead atoms. The summed E-state index contributed by atoms with van der Waals surface area (Å²) in [6.07, 6.45) is 2.58. The van der Waals surface area contributed by atoms with E-state index in [2.05, 4.69) is 26.3 Å². The van der Waals surface area contributed by atoms with E-state index in [0.717, 1.165) is 0 Å². The average molecular weight is 479 g/mol. The number of fused-ring (bicyclic) bond motifs is 2. The van der Waals surface area contributed by atoms with E-state index in [1.54, 1.807) is 0 Å². The first-order valence-electron chi connectivity index (χ1n) is 11.9. The van der Waals surface area contributed by atoms with Crippen LogP contribution in [0.1, 0.15) is 72.5 Å². The highest BCUT2D eigenvalue weighted by Crippen LogP contribution is 2.19. The summed E-state index contributed by atoms with van der Waals surface area (Å²) in [5.74, 6) is -2.35. The molecule has 1 aromatic rings.